The molecule has 2 aromatic rings. The van der Waals surface area contributed by atoms with Gasteiger partial charge in [-0.05, 0) is 38.6 Å². The third kappa shape index (κ3) is 3.47. The van der Waals surface area contributed by atoms with Gasteiger partial charge >= 0.3 is 0 Å². The second-order valence-electron chi connectivity index (χ2n) is 6.52. The summed E-state index contributed by atoms with van der Waals surface area (Å²) >= 11 is 0. The van der Waals surface area contributed by atoms with Gasteiger partial charge in [-0.3, -0.25) is 0 Å². The number of fused-ring (bicyclic) bond motifs is 1. The van der Waals surface area contributed by atoms with Crippen molar-refractivity contribution in [3.8, 4) is 5.75 Å². The molecule has 5 heteroatoms. The summed E-state index contributed by atoms with van der Waals surface area (Å²) in [6.07, 6.45) is 0. The average molecular weight is 290 g/mol. The second-order valence-corrected chi connectivity index (χ2v) is 6.52. The summed E-state index contributed by atoms with van der Waals surface area (Å²) in [5.74, 6) is 1.34. The molecule has 5 nitrogen and oxygen atoms in total. The van der Waals surface area contributed by atoms with Crippen LogP contribution in [0.25, 0.3) is 11.0 Å². The van der Waals surface area contributed by atoms with Crippen molar-refractivity contribution in [3.05, 3.63) is 18.2 Å². The Labute approximate surface area is 126 Å². The number of hydrogen-bond donors (Lipinski definition) is 1. The summed E-state index contributed by atoms with van der Waals surface area (Å²) in [4.78, 5) is 6.69. The Balaban J connectivity index is 2.40. The first-order valence-electron chi connectivity index (χ1n) is 7.36. The van der Waals surface area contributed by atoms with Gasteiger partial charge in [0.2, 0.25) is 5.95 Å². The smallest absolute Gasteiger partial charge is 0.201 e. The van der Waals surface area contributed by atoms with Crippen LogP contribution in [-0.4, -0.2) is 41.7 Å². The van der Waals surface area contributed by atoms with Crippen molar-refractivity contribution in [1.82, 2.24) is 14.5 Å². The zero-order valence-electron chi connectivity index (χ0n) is 13.7. The lowest BCUT2D eigenvalue weighted by molar-refractivity contribution is 0.214. The first kappa shape index (κ1) is 15.6. The number of nitrogens with two attached hydrogens (primary N) is 1. The molecule has 116 valence electrons. The van der Waals surface area contributed by atoms with Gasteiger partial charge in [-0.1, -0.05) is 19.9 Å². The molecular weight excluding hydrogens is 264 g/mol. The fourth-order valence-electron chi connectivity index (χ4n) is 2.91. The summed E-state index contributed by atoms with van der Waals surface area (Å²) in [6, 6.07) is 5.98. The topological polar surface area (TPSA) is 56.3 Å². The molecule has 0 aliphatic rings. The maximum atomic E-state index is 6.14. The molecule has 2 N–H and O–H groups in total. The highest BCUT2D eigenvalue weighted by Gasteiger charge is 2.23. The van der Waals surface area contributed by atoms with Crippen LogP contribution in [0.1, 0.15) is 20.8 Å². The van der Waals surface area contributed by atoms with Gasteiger partial charge in [-0.2, -0.15) is 0 Å². The van der Waals surface area contributed by atoms with Crippen LogP contribution in [0, 0.1) is 5.41 Å². The number of nitrogen functional groups attached to an aromatic ring is 1. The standard InChI is InChI=1S/C16H26N4O/c1-6-21-13-9-7-8-12-14(13)18-15(17)20(12)11-16(2,3)10-19(4)5/h7-9H,6,10-11H2,1-5H3,(H2,17,18). The van der Waals surface area contributed by atoms with Crippen molar-refractivity contribution in [2.45, 2.75) is 27.3 Å². The quantitative estimate of drug-likeness (QED) is 0.888. The third-order valence-electron chi connectivity index (χ3n) is 3.40. The molecular formula is C16H26N4O. The third-order valence-corrected chi connectivity index (χ3v) is 3.40. The van der Waals surface area contributed by atoms with Crippen molar-refractivity contribution in [3.63, 3.8) is 0 Å². The molecule has 0 atom stereocenters. The van der Waals surface area contributed by atoms with Crippen LogP contribution in [-0.2, 0) is 6.54 Å². The molecule has 0 amide bonds. The molecule has 0 fully saturated rings. The molecule has 0 aliphatic carbocycles. The lowest BCUT2D eigenvalue weighted by Gasteiger charge is -2.29. The van der Waals surface area contributed by atoms with E-state index in [1.165, 1.54) is 0 Å². The van der Waals surface area contributed by atoms with Gasteiger partial charge in [0.25, 0.3) is 0 Å². The zero-order chi connectivity index (χ0) is 15.6. The van der Waals surface area contributed by atoms with Crippen molar-refractivity contribution < 1.29 is 4.74 Å². The molecule has 0 aliphatic heterocycles. The van der Waals surface area contributed by atoms with E-state index in [9.17, 15) is 0 Å². The van der Waals surface area contributed by atoms with E-state index in [1.54, 1.807) is 0 Å². The zero-order valence-corrected chi connectivity index (χ0v) is 13.7. The minimum Gasteiger partial charge on any atom is -0.492 e. The number of nitrogens with zero attached hydrogens (tertiary/aromatic N) is 3. The van der Waals surface area contributed by atoms with Gasteiger partial charge in [-0.15, -0.1) is 0 Å². The first-order chi connectivity index (χ1) is 9.84. The van der Waals surface area contributed by atoms with Gasteiger partial charge < -0.3 is 19.9 Å². The average Bonchev–Trinajstić information content (AvgIpc) is 2.66. The fraction of sp³-hybridized carbons (Fsp3) is 0.562. The van der Waals surface area contributed by atoms with Gasteiger partial charge in [-0.25, -0.2) is 4.98 Å². The van der Waals surface area contributed by atoms with Crippen LogP contribution in [0.2, 0.25) is 0 Å². The van der Waals surface area contributed by atoms with Crippen LogP contribution in [0.5, 0.6) is 5.75 Å². The van der Waals surface area contributed by atoms with Gasteiger partial charge in [0.15, 0.2) is 0 Å². The number of imidazole rings is 1. The SMILES string of the molecule is CCOc1cccc2c1nc(N)n2CC(C)(C)CN(C)C. The van der Waals surface area contributed by atoms with Crippen molar-refractivity contribution in [2.75, 3.05) is 33.0 Å². The van der Waals surface area contributed by atoms with Crippen LogP contribution >= 0.6 is 0 Å². The molecule has 21 heavy (non-hydrogen) atoms. The van der Waals surface area contributed by atoms with Crippen LogP contribution in [0.3, 0.4) is 0 Å². The molecule has 0 radical (unpaired) electrons. The van der Waals surface area contributed by atoms with E-state index in [0.717, 1.165) is 29.9 Å². The second kappa shape index (κ2) is 5.93. The number of anilines is 1. The van der Waals surface area contributed by atoms with Crippen molar-refractivity contribution >= 4 is 17.0 Å². The predicted octanol–water partition coefficient (Wildman–Crippen LogP) is 2.61. The maximum absolute atomic E-state index is 6.14. The van der Waals surface area contributed by atoms with Crippen molar-refractivity contribution in [2.24, 2.45) is 5.41 Å². The van der Waals surface area contributed by atoms with Gasteiger partial charge in [0.1, 0.15) is 11.3 Å². The Hall–Kier alpha value is -1.75. The molecule has 1 aromatic carbocycles. The number of aromatic nitrogens is 2. The van der Waals surface area contributed by atoms with Gasteiger partial charge in [0.05, 0.1) is 12.1 Å². The Morgan fingerprint density at radius 2 is 2.05 bits per heavy atom. The van der Waals surface area contributed by atoms with Crippen LogP contribution in [0.15, 0.2) is 18.2 Å². The van der Waals surface area contributed by atoms with E-state index in [4.69, 9.17) is 10.5 Å². The highest BCUT2D eigenvalue weighted by molar-refractivity contribution is 5.84. The largest absolute Gasteiger partial charge is 0.492 e. The lowest BCUT2D eigenvalue weighted by atomic mass is 9.93. The number of benzene rings is 1. The van der Waals surface area contributed by atoms with E-state index in [2.05, 4.69) is 42.4 Å². The monoisotopic (exact) mass is 290 g/mol. The molecule has 0 unspecified atom stereocenters. The molecule has 1 heterocycles. The maximum Gasteiger partial charge on any atom is 0.201 e. The molecule has 2 rings (SSSR count). The lowest BCUT2D eigenvalue weighted by Crippen LogP contribution is -2.32. The fourth-order valence-corrected chi connectivity index (χ4v) is 2.91. The molecule has 0 spiro atoms. The van der Waals surface area contributed by atoms with E-state index >= 15 is 0 Å². The summed E-state index contributed by atoms with van der Waals surface area (Å²) in [7, 11) is 4.18. The molecule has 0 bridgehead atoms. The highest BCUT2D eigenvalue weighted by atomic mass is 16.5. The highest BCUT2D eigenvalue weighted by Crippen LogP contribution is 2.30. The summed E-state index contributed by atoms with van der Waals surface area (Å²) in [5.41, 5.74) is 8.12. The minimum atomic E-state index is 0.104. The summed E-state index contributed by atoms with van der Waals surface area (Å²) in [6.45, 7) is 8.88. The van der Waals surface area contributed by atoms with E-state index in [-0.39, 0.29) is 5.41 Å². The van der Waals surface area contributed by atoms with Crippen molar-refractivity contribution in [1.29, 1.82) is 0 Å². The predicted molar refractivity (Wildman–Crippen MR) is 87.6 cm³/mol. The molecule has 0 saturated heterocycles. The normalized spacial score (nSPS) is 12.3. The Morgan fingerprint density at radius 3 is 2.67 bits per heavy atom. The van der Waals surface area contributed by atoms with Gasteiger partial charge in [0, 0.05) is 13.1 Å². The summed E-state index contributed by atoms with van der Waals surface area (Å²) in [5, 5.41) is 0. The Morgan fingerprint density at radius 1 is 1.33 bits per heavy atom. The summed E-state index contributed by atoms with van der Waals surface area (Å²) < 4.78 is 7.73. The first-order valence-corrected chi connectivity index (χ1v) is 7.36. The minimum absolute atomic E-state index is 0.104. The molecule has 1 aromatic heterocycles. The Kier molecular flexibility index (Phi) is 4.42. The molecule has 0 saturated carbocycles. The number of hydrogen-bond acceptors (Lipinski definition) is 4. The van der Waals surface area contributed by atoms with Crippen LogP contribution in [0.4, 0.5) is 5.95 Å². The van der Waals surface area contributed by atoms with E-state index < -0.39 is 0 Å². The number of rotatable bonds is 6. The number of para-hydroxylation sites is 1. The van der Waals surface area contributed by atoms with E-state index in [1.807, 2.05) is 25.1 Å². The van der Waals surface area contributed by atoms with Crippen LogP contribution < -0.4 is 10.5 Å². The number of ether oxygens (including phenoxy) is 1. The van der Waals surface area contributed by atoms with E-state index in [0.29, 0.717) is 12.6 Å². The Bertz CT molecular complexity index is 616.